The highest BCUT2D eigenvalue weighted by Gasteiger charge is 2.20. The van der Waals surface area contributed by atoms with Crippen molar-refractivity contribution in [2.24, 2.45) is 0 Å². The van der Waals surface area contributed by atoms with Gasteiger partial charge in [-0.15, -0.1) is 11.3 Å². The second-order valence-electron chi connectivity index (χ2n) is 7.16. The fourth-order valence-corrected chi connectivity index (χ4v) is 4.96. The average Bonchev–Trinajstić information content (AvgIpc) is 3.49. The fourth-order valence-electron chi connectivity index (χ4n) is 3.48. The third-order valence-electron chi connectivity index (χ3n) is 5.07. The monoisotopic (exact) mass is 423 g/mol. The molecule has 1 unspecified atom stereocenters. The lowest BCUT2D eigenvalue weighted by Crippen LogP contribution is -2.32. The summed E-state index contributed by atoms with van der Waals surface area (Å²) in [6.45, 7) is 4.50. The van der Waals surface area contributed by atoms with Crippen molar-refractivity contribution in [2.75, 3.05) is 18.4 Å². The molecule has 0 radical (unpaired) electrons. The van der Waals surface area contributed by atoms with Crippen LogP contribution in [-0.2, 0) is 6.42 Å². The second-order valence-corrected chi connectivity index (χ2v) is 8.82. The van der Waals surface area contributed by atoms with Crippen molar-refractivity contribution in [2.45, 2.75) is 32.2 Å². The molecule has 148 valence electrons. The SMILES string of the molecule is CC(Cc1nsc(NC(=O)c2csc(-c3cccc(C#N)c3)c2)n1)N1CCCC1. The summed E-state index contributed by atoms with van der Waals surface area (Å²) in [6.07, 6.45) is 3.32. The molecule has 2 aromatic heterocycles. The maximum absolute atomic E-state index is 12.6. The van der Waals surface area contributed by atoms with Crippen LogP contribution in [0, 0.1) is 11.3 Å². The zero-order valence-electron chi connectivity index (χ0n) is 16.1. The summed E-state index contributed by atoms with van der Waals surface area (Å²) < 4.78 is 4.41. The number of aromatic nitrogens is 2. The van der Waals surface area contributed by atoms with E-state index >= 15 is 0 Å². The van der Waals surface area contributed by atoms with Gasteiger partial charge in [0.15, 0.2) is 0 Å². The second kappa shape index (κ2) is 8.82. The van der Waals surface area contributed by atoms with Crippen LogP contribution in [0.3, 0.4) is 0 Å². The van der Waals surface area contributed by atoms with E-state index in [1.54, 1.807) is 6.07 Å². The molecule has 8 heteroatoms. The first-order chi connectivity index (χ1) is 14.1. The van der Waals surface area contributed by atoms with Gasteiger partial charge in [0, 0.05) is 34.3 Å². The minimum Gasteiger partial charge on any atom is -0.300 e. The number of nitrogens with zero attached hydrogens (tertiary/aromatic N) is 4. The summed E-state index contributed by atoms with van der Waals surface area (Å²) in [5.41, 5.74) is 2.11. The normalized spacial score (nSPS) is 15.2. The van der Waals surface area contributed by atoms with Crippen LogP contribution in [0.1, 0.15) is 41.5 Å². The topological polar surface area (TPSA) is 81.9 Å². The number of carbonyl (C=O) groups excluding carboxylic acids is 1. The molecular weight excluding hydrogens is 402 g/mol. The van der Waals surface area contributed by atoms with Gasteiger partial charge in [0.25, 0.3) is 5.91 Å². The standard InChI is InChI=1S/C21H21N5OS2/c1-14(26-7-2-3-8-26)9-19-23-21(29-25-19)24-20(27)17-11-18(28-13-17)16-6-4-5-15(10-16)12-22/h4-6,10-11,13-14H,2-3,7-9H2,1H3,(H,23,24,25,27). The highest BCUT2D eigenvalue weighted by Crippen LogP contribution is 2.28. The van der Waals surface area contributed by atoms with Crippen molar-refractivity contribution < 1.29 is 4.79 Å². The van der Waals surface area contributed by atoms with Crippen LogP contribution in [0.4, 0.5) is 5.13 Å². The Labute approximate surface area is 178 Å². The number of rotatable bonds is 6. The van der Waals surface area contributed by atoms with E-state index in [-0.39, 0.29) is 5.91 Å². The van der Waals surface area contributed by atoms with Crippen molar-refractivity contribution in [3.05, 3.63) is 52.7 Å². The summed E-state index contributed by atoms with van der Waals surface area (Å²) >= 11 is 2.70. The summed E-state index contributed by atoms with van der Waals surface area (Å²) in [4.78, 5) is 20.5. The number of amides is 1. The Morgan fingerprint density at radius 1 is 1.34 bits per heavy atom. The molecule has 1 atom stereocenters. The Morgan fingerprint density at radius 3 is 2.97 bits per heavy atom. The molecule has 29 heavy (non-hydrogen) atoms. The van der Waals surface area contributed by atoms with Gasteiger partial charge in [-0.25, -0.2) is 4.98 Å². The van der Waals surface area contributed by atoms with Crippen LogP contribution in [0.15, 0.2) is 35.7 Å². The quantitative estimate of drug-likeness (QED) is 0.635. The maximum Gasteiger partial charge on any atom is 0.258 e. The third-order valence-corrected chi connectivity index (χ3v) is 6.72. The number of anilines is 1. The van der Waals surface area contributed by atoms with E-state index in [2.05, 4.69) is 32.6 Å². The van der Waals surface area contributed by atoms with Crippen LogP contribution < -0.4 is 5.32 Å². The highest BCUT2D eigenvalue weighted by atomic mass is 32.1. The first kappa shape index (κ1) is 19.7. The number of likely N-dealkylation sites (tertiary alicyclic amines) is 1. The van der Waals surface area contributed by atoms with Gasteiger partial charge in [-0.1, -0.05) is 12.1 Å². The minimum atomic E-state index is -0.195. The Hall–Kier alpha value is -2.60. The van der Waals surface area contributed by atoms with Crippen molar-refractivity contribution in [1.29, 1.82) is 5.26 Å². The summed E-state index contributed by atoms with van der Waals surface area (Å²) in [5, 5.41) is 14.3. The van der Waals surface area contributed by atoms with E-state index in [1.165, 1.54) is 35.7 Å². The van der Waals surface area contributed by atoms with Gasteiger partial charge >= 0.3 is 0 Å². The van der Waals surface area contributed by atoms with E-state index in [0.29, 0.717) is 22.3 Å². The summed E-state index contributed by atoms with van der Waals surface area (Å²) in [5.74, 6) is 0.586. The van der Waals surface area contributed by atoms with Crippen molar-refractivity contribution in [3.63, 3.8) is 0 Å². The number of carbonyl (C=O) groups is 1. The predicted molar refractivity (Wildman–Crippen MR) is 116 cm³/mol. The molecule has 1 aliphatic heterocycles. The van der Waals surface area contributed by atoms with Gasteiger partial charge in [0.1, 0.15) is 5.82 Å². The number of benzene rings is 1. The molecule has 3 heterocycles. The van der Waals surface area contributed by atoms with E-state index in [4.69, 9.17) is 5.26 Å². The van der Waals surface area contributed by atoms with Gasteiger partial charge in [-0.3, -0.25) is 10.1 Å². The molecule has 0 aliphatic carbocycles. The van der Waals surface area contributed by atoms with E-state index in [0.717, 1.165) is 35.8 Å². The molecule has 1 saturated heterocycles. The molecule has 0 spiro atoms. The lowest BCUT2D eigenvalue weighted by Gasteiger charge is -2.22. The lowest BCUT2D eigenvalue weighted by molar-refractivity contribution is 0.102. The Kier molecular flexibility index (Phi) is 6.00. The van der Waals surface area contributed by atoms with Crippen molar-refractivity contribution in [3.8, 4) is 16.5 Å². The van der Waals surface area contributed by atoms with Gasteiger partial charge in [-0.2, -0.15) is 9.64 Å². The Balaban J connectivity index is 1.39. The number of nitrogens with one attached hydrogen (secondary N) is 1. The van der Waals surface area contributed by atoms with Gasteiger partial charge in [0.2, 0.25) is 5.13 Å². The lowest BCUT2D eigenvalue weighted by atomic mass is 10.1. The molecule has 0 bridgehead atoms. The Bertz CT molecular complexity index is 1050. The predicted octanol–water partition coefficient (Wildman–Crippen LogP) is 4.42. The number of nitriles is 1. The van der Waals surface area contributed by atoms with Crippen LogP contribution in [0.5, 0.6) is 0 Å². The molecule has 4 rings (SSSR count). The van der Waals surface area contributed by atoms with Crippen LogP contribution in [0.2, 0.25) is 0 Å². The molecule has 1 amide bonds. The molecular formula is C21H21N5OS2. The van der Waals surface area contributed by atoms with Crippen molar-refractivity contribution >= 4 is 33.9 Å². The molecule has 0 saturated carbocycles. The molecule has 6 nitrogen and oxygen atoms in total. The molecule has 1 aliphatic rings. The van der Waals surface area contributed by atoms with Gasteiger partial charge < -0.3 is 4.90 Å². The van der Waals surface area contributed by atoms with E-state index in [1.807, 2.05) is 29.6 Å². The highest BCUT2D eigenvalue weighted by molar-refractivity contribution is 7.14. The fraction of sp³-hybridized carbons (Fsp3) is 0.333. The molecule has 3 aromatic rings. The average molecular weight is 424 g/mol. The number of thiophene rings is 1. The smallest absolute Gasteiger partial charge is 0.258 e. The molecule has 1 fully saturated rings. The summed E-state index contributed by atoms with van der Waals surface area (Å²) in [7, 11) is 0. The summed E-state index contributed by atoms with van der Waals surface area (Å²) in [6, 6.07) is 11.8. The van der Waals surface area contributed by atoms with Crippen LogP contribution in [0.25, 0.3) is 10.4 Å². The first-order valence-electron chi connectivity index (χ1n) is 9.59. The van der Waals surface area contributed by atoms with Crippen molar-refractivity contribution in [1.82, 2.24) is 14.3 Å². The van der Waals surface area contributed by atoms with Gasteiger partial charge in [-0.05, 0) is 56.6 Å². The molecule has 1 N–H and O–H groups in total. The largest absolute Gasteiger partial charge is 0.300 e. The Morgan fingerprint density at radius 2 is 2.17 bits per heavy atom. The van der Waals surface area contributed by atoms with Gasteiger partial charge in [0.05, 0.1) is 17.2 Å². The molecule has 1 aromatic carbocycles. The minimum absolute atomic E-state index is 0.195. The zero-order chi connectivity index (χ0) is 20.2. The first-order valence-corrected chi connectivity index (χ1v) is 11.2. The number of hydrogen-bond donors (Lipinski definition) is 1. The maximum atomic E-state index is 12.6. The van der Waals surface area contributed by atoms with E-state index < -0.39 is 0 Å². The zero-order valence-corrected chi connectivity index (χ0v) is 17.7. The van der Waals surface area contributed by atoms with Crippen LogP contribution >= 0.6 is 22.9 Å². The van der Waals surface area contributed by atoms with Crippen LogP contribution in [-0.4, -0.2) is 39.3 Å². The van der Waals surface area contributed by atoms with E-state index in [9.17, 15) is 4.79 Å². The number of hydrogen-bond acceptors (Lipinski definition) is 7. The third kappa shape index (κ3) is 4.70.